The van der Waals surface area contributed by atoms with Gasteiger partial charge in [0.1, 0.15) is 0 Å². The van der Waals surface area contributed by atoms with Crippen molar-refractivity contribution < 1.29 is 0 Å². The maximum Gasteiger partial charge on any atom is 0.164 e. The Kier molecular flexibility index (Phi) is 7.64. The Morgan fingerprint density at radius 1 is 0.357 bits per heavy atom. The zero-order valence-corrected chi connectivity index (χ0v) is 31.0. The summed E-state index contributed by atoms with van der Waals surface area (Å²) >= 11 is 1.87. The van der Waals surface area contributed by atoms with Gasteiger partial charge >= 0.3 is 0 Å². The van der Waals surface area contributed by atoms with E-state index >= 15 is 0 Å². The fraction of sp³-hybridized carbons (Fsp3) is 0. The zero-order valence-electron chi connectivity index (χ0n) is 30.2. The summed E-state index contributed by atoms with van der Waals surface area (Å²) in [5.41, 5.74) is 10.9. The van der Waals surface area contributed by atoms with E-state index in [2.05, 4.69) is 138 Å². The van der Waals surface area contributed by atoms with Crippen molar-refractivity contribution >= 4 is 53.3 Å². The van der Waals surface area contributed by atoms with Gasteiger partial charge in [0.25, 0.3) is 0 Å². The van der Waals surface area contributed by atoms with Gasteiger partial charge in [0.15, 0.2) is 17.5 Å². The van der Waals surface area contributed by atoms with Crippen LogP contribution in [0.5, 0.6) is 0 Å². The maximum atomic E-state index is 5.10. The molecule has 56 heavy (non-hydrogen) atoms. The van der Waals surface area contributed by atoms with E-state index in [1.54, 1.807) is 0 Å². The van der Waals surface area contributed by atoms with Crippen LogP contribution in [0.1, 0.15) is 0 Å². The molecule has 0 N–H and O–H groups in total. The van der Waals surface area contributed by atoms with Crippen molar-refractivity contribution in [2.75, 3.05) is 0 Å². The third-order valence-corrected chi connectivity index (χ3v) is 11.9. The fourth-order valence-electron chi connectivity index (χ4n) is 8.10. The lowest BCUT2D eigenvalue weighted by molar-refractivity contribution is 1.07. The van der Waals surface area contributed by atoms with Crippen LogP contribution in [0.25, 0.3) is 104 Å². The molecule has 0 bridgehead atoms. The first-order chi connectivity index (χ1) is 27.8. The quantitative estimate of drug-likeness (QED) is 0.171. The fourth-order valence-corrected chi connectivity index (χ4v) is 9.33. The largest absolute Gasteiger partial charge is 0.308 e. The molecule has 0 aliphatic heterocycles. The van der Waals surface area contributed by atoms with E-state index in [-0.39, 0.29) is 0 Å². The van der Waals surface area contributed by atoms with Crippen molar-refractivity contribution in [1.82, 2.24) is 19.5 Å². The predicted molar refractivity (Wildman–Crippen MR) is 234 cm³/mol. The topological polar surface area (TPSA) is 43.6 Å². The van der Waals surface area contributed by atoms with Gasteiger partial charge in [-0.05, 0) is 35.9 Å². The van der Waals surface area contributed by atoms with Gasteiger partial charge in [0, 0.05) is 64.3 Å². The number of benzene rings is 8. The van der Waals surface area contributed by atoms with E-state index in [9.17, 15) is 0 Å². The summed E-state index contributed by atoms with van der Waals surface area (Å²) in [7, 11) is 0. The Labute approximate surface area is 327 Å². The number of thiophene rings is 1. The summed E-state index contributed by atoms with van der Waals surface area (Å²) in [5.74, 6) is 1.91. The van der Waals surface area contributed by atoms with Gasteiger partial charge in [-0.15, -0.1) is 11.3 Å². The molecule has 0 saturated carbocycles. The number of hydrogen-bond donors (Lipinski definition) is 0. The number of nitrogens with zero attached hydrogens (tertiary/aromatic N) is 4. The minimum absolute atomic E-state index is 0.626. The Balaban J connectivity index is 1.19. The molecule has 0 radical (unpaired) electrons. The number of rotatable bonds is 6. The molecule has 0 fully saturated rings. The molecule has 8 aromatic carbocycles. The van der Waals surface area contributed by atoms with Gasteiger partial charge in [-0.25, -0.2) is 15.0 Å². The monoisotopic (exact) mass is 732 g/mol. The second-order valence-corrected chi connectivity index (χ2v) is 15.0. The Hall–Kier alpha value is -7.21. The number of para-hydroxylation sites is 2. The van der Waals surface area contributed by atoms with Crippen LogP contribution in [0.4, 0.5) is 0 Å². The number of fused-ring (bicyclic) bond motifs is 6. The van der Waals surface area contributed by atoms with Crippen molar-refractivity contribution in [2.45, 2.75) is 0 Å². The van der Waals surface area contributed by atoms with Crippen molar-refractivity contribution in [2.24, 2.45) is 0 Å². The number of hydrogen-bond acceptors (Lipinski definition) is 4. The molecule has 0 saturated heterocycles. The van der Waals surface area contributed by atoms with Gasteiger partial charge in [-0.1, -0.05) is 164 Å². The first-order valence-corrected chi connectivity index (χ1v) is 19.6. The van der Waals surface area contributed by atoms with Crippen LogP contribution in [-0.4, -0.2) is 19.5 Å². The number of aromatic nitrogens is 4. The van der Waals surface area contributed by atoms with E-state index < -0.39 is 0 Å². The highest BCUT2D eigenvalue weighted by Crippen LogP contribution is 2.45. The van der Waals surface area contributed by atoms with E-state index in [4.69, 9.17) is 15.0 Å². The first-order valence-electron chi connectivity index (χ1n) is 18.8. The third kappa shape index (κ3) is 5.32. The normalized spacial score (nSPS) is 11.6. The first kappa shape index (κ1) is 32.2. The summed E-state index contributed by atoms with van der Waals surface area (Å²) < 4.78 is 5.07. The highest BCUT2D eigenvalue weighted by molar-refractivity contribution is 7.26. The van der Waals surface area contributed by atoms with Gasteiger partial charge in [-0.2, -0.15) is 0 Å². The van der Waals surface area contributed by atoms with Crippen molar-refractivity contribution in [1.29, 1.82) is 0 Å². The molecule has 5 heteroatoms. The van der Waals surface area contributed by atoms with E-state index in [0.29, 0.717) is 17.5 Å². The highest BCUT2D eigenvalue weighted by atomic mass is 32.1. The molecule has 4 nitrogen and oxygen atoms in total. The van der Waals surface area contributed by atoms with Crippen LogP contribution >= 0.6 is 11.3 Å². The van der Waals surface area contributed by atoms with Gasteiger partial charge in [-0.3, -0.25) is 0 Å². The molecule has 0 unspecified atom stereocenters. The van der Waals surface area contributed by atoms with Crippen LogP contribution in [0.2, 0.25) is 0 Å². The molecule has 0 aliphatic carbocycles. The molecule has 0 atom stereocenters. The van der Waals surface area contributed by atoms with Crippen molar-refractivity contribution in [3.8, 4) is 62.1 Å². The summed E-state index contributed by atoms with van der Waals surface area (Å²) in [5, 5.41) is 5.03. The molecule has 0 amide bonds. The third-order valence-electron chi connectivity index (χ3n) is 10.7. The molecule has 3 heterocycles. The van der Waals surface area contributed by atoms with Crippen molar-refractivity contribution in [3.63, 3.8) is 0 Å². The second-order valence-electron chi connectivity index (χ2n) is 14.0. The van der Waals surface area contributed by atoms with Gasteiger partial charge in [0.2, 0.25) is 0 Å². The maximum absolute atomic E-state index is 5.10. The zero-order chi connectivity index (χ0) is 37.0. The smallest absolute Gasteiger partial charge is 0.164 e. The van der Waals surface area contributed by atoms with Gasteiger partial charge < -0.3 is 4.57 Å². The molecular formula is C51H32N4S. The minimum atomic E-state index is 0.626. The van der Waals surface area contributed by atoms with Crippen LogP contribution in [0.3, 0.4) is 0 Å². The molecule has 3 aromatic heterocycles. The van der Waals surface area contributed by atoms with E-state index in [0.717, 1.165) is 39.0 Å². The average Bonchev–Trinajstić information content (AvgIpc) is 3.83. The lowest BCUT2D eigenvalue weighted by atomic mass is 9.98. The molecule has 0 aliphatic rings. The Morgan fingerprint density at radius 3 is 1.59 bits per heavy atom. The Bertz CT molecular complexity index is 3180. The summed E-state index contributed by atoms with van der Waals surface area (Å²) in [4.78, 5) is 15.2. The predicted octanol–water partition coefficient (Wildman–Crippen LogP) is 13.7. The molecular weight excluding hydrogens is 701 g/mol. The standard InChI is InChI=1S/C51H32N4S/c1-4-16-33(17-5-1)43-32-36(51-53-49(34-18-6-2-7-19-34)52-50(54-51)35-20-8-3-9-21-35)30-31-45(43)55-44-28-12-10-22-37(44)39-24-14-25-40(47(39)55)42-27-15-26-41-38-23-11-13-29-46(38)56-48(41)42/h1-32H. The van der Waals surface area contributed by atoms with Crippen LogP contribution in [-0.2, 0) is 0 Å². The SMILES string of the molecule is c1ccc(-c2nc(-c3ccccc3)nc(-c3ccc(-n4c5ccccc5c5cccc(-c6cccc7c6sc6ccccc67)c54)c(-c4ccccc4)c3)n2)cc1. The lowest BCUT2D eigenvalue weighted by Gasteiger charge is -2.18. The molecule has 11 aromatic rings. The second kappa shape index (κ2) is 13.3. The lowest BCUT2D eigenvalue weighted by Crippen LogP contribution is -2.02. The molecule has 11 rings (SSSR count). The van der Waals surface area contributed by atoms with Gasteiger partial charge in [0.05, 0.1) is 16.7 Å². The van der Waals surface area contributed by atoms with Crippen LogP contribution in [0, 0.1) is 0 Å². The summed E-state index contributed by atoms with van der Waals surface area (Å²) in [6.07, 6.45) is 0. The van der Waals surface area contributed by atoms with E-state index in [1.807, 2.05) is 72.0 Å². The summed E-state index contributed by atoms with van der Waals surface area (Å²) in [6, 6.07) is 68.6. The van der Waals surface area contributed by atoms with Crippen LogP contribution in [0.15, 0.2) is 194 Å². The summed E-state index contributed by atoms with van der Waals surface area (Å²) in [6.45, 7) is 0. The average molecular weight is 733 g/mol. The Morgan fingerprint density at radius 2 is 0.893 bits per heavy atom. The van der Waals surface area contributed by atoms with E-state index in [1.165, 1.54) is 47.6 Å². The minimum Gasteiger partial charge on any atom is -0.308 e. The van der Waals surface area contributed by atoms with Crippen LogP contribution < -0.4 is 0 Å². The highest BCUT2D eigenvalue weighted by Gasteiger charge is 2.22. The molecule has 0 spiro atoms. The van der Waals surface area contributed by atoms with Crippen molar-refractivity contribution in [3.05, 3.63) is 194 Å². The molecule has 262 valence electrons.